The fourth-order valence-corrected chi connectivity index (χ4v) is 6.93. The van der Waals surface area contributed by atoms with Crippen molar-refractivity contribution in [2.45, 2.75) is 35.5 Å². The van der Waals surface area contributed by atoms with Gasteiger partial charge in [0.25, 0.3) is 0 Å². The number of piperidine rings is 1. The third kappa shape index (κ3) is 3.34. The topological polar surface area (TPSA) is 72.3 Å². The number of nitrogens with two attached hydrogens (primary N) is 1. The van der Waals surface area contributed by atoms with Crippen molar-refractivity contribution < 1.29 is 4.39 Å². The van der Waals surface area contributed by atoms with E-state index in [4.69, 9.17) is 27.3 Å². The molecular formula is C26H22ClFN6S. The Kier molecular flexibility index (Phi) is 4.66. The van der Waals surface area contributed by atoms with E-state index in [0.29, 0.717) is 10.8 Å². The summed E-state index contributed by atoms with van der Waals surface area (Å²) in [5.74, 6) is 1.17. The highest BCUT2D eigenvalue weighted by atomic mass is 35.5. The number of anilines is 2. The van der Waals surface area contributed by atoms with Crippen molar-refractivity contribution in [1.29, 1.82) is 0 Å². The quantitative estimate of drug-likeness (QED) is 0.343. The molecule has 5 heterocycles. The van der Waals surface area contributed by atoms with E-state index < -0.39 is 0 Å². The zero-order valence-electron chi connectivity index (χ0n) is 18.8. The van der Waals surface area contributed by atoms with E-state index in [0.717, 1.165) is 71.2 Å². The van der Waals surface area contributed by atoms with Crippen molar-refractivity contribution in [3.05, 3.63) is 70.8 Å². The summed E-state index contributed by atoms with van der Waals surface area (Å²) in [4.78, 5) is 18.0. The molecule has 4 aromatic heterocycles. The molecule has 2 N–H and O–H groups in total. The van der Waals surface area contributed by atoms with E-state index in [-0.39, 0.29) is 11.2 Å². The molecule has 176 valence electrons. The number of nitrogens with zero attached hydrogens (tertiary/aromatic N) is 5. The van der Waals surface area contributed by atoms with Crippen molar-refractivity contribution in [3.63, 3.8) is 0 Å². The second-order valence-corrected chi connectivity index (χ2v) is 11.1. The molecule has 5 aromatic rings. The van der Waals surface area contributed by atoms with Crippen molar-refractivity contribution in [1.82, 2.24) is 19.4 Å². The first kappa shape index (κ1) is 21.2. The Hall–Kier alpha value is -3.10. The normalized spacial score (nSPS) is 17.1. The average Bonchev–Trinajstić information content (AvgIpc) is 3.54. The fourth-order valence-electron chi connectivity index (χ4n) is 5.77. The molecule has 1 spiro atoms. The van der Waals surface area contributed by atoms with Crippen LogP contribution < -0.4 is 10.6 Å². The van der Waals surface area contributed by atoms with E-state index in [1.165, 1.54) is 22.9 Å². The zero-order chi connectivity index (χ0) is 23.7. The van der Waals surface area contributed by atoms with Crippen LogP contribution in [0.3, 0.4) is 0 Å². The van der Waals surface area contributed by atoms with E-state index in [1.54, 1.807) is 18.3 Å². The molecule has 0 bridgehead atoms. The number of aromatic nitrogens is 4. The number of hydrogen-bond donors (Lipinski definition) is 1. The van der Waals surface area contributed by atoms with Crippen LogP contribution in [0.25, 0.3) is 16.8 Å². The van der Waals surface area contributed by atoms with E-state index in [1.807, 2.05) is 30.5 Å². The van der Waals surface area contributed by atoms with Gasteiger partial charge in [-0.2, -0.15) is 0 Å². The highest BCUT2D eigenvalue weighted by Gasteiger charge is 2.40. The van der Waals surface area contributed by atoms with Gasteiger partial charge in [0.1, 0.15) is 22.8 Å². The molecule has 35 heavy (non-hydrogen) atoms. The minimum absolute atomic E-state index is 0.131. The van der Waals surface area contributed by atoms with Crippen LogP contribution in [0.1, 0.15) is 24.0 Å². The van der Waals surface area contributed by atoms with Crippen LogP contribution in [0, 0.1) is 11.2 Å². The standard InChI is InChI=1S/C26H22ClFN6S/c27-22-19(5-8-30-23(22)29)35-20-3-4-21-32-24(18-14-31-25(20)34(18)21)33-9-6-26(7-10-33)12-15-1-2-17(28)11-16(15)13-26/h1-5,8,11,14H,6-7,9-10,12-13H2,(H2,29,30). The van der Waals surface area contributed by atoms with Gasteiger partial charge in [-0.1, -0.05) is 29.4 Å². The molecule has 1 aliphatic carbocycles. The van der Waals surface area contributed by atoms with Crippen LogP contribution in [-0.4, -0.2) is 32.4 Å². The van der Waals surface area contributed by atoms with Gasteiger partial charge in [-0.25, -0.2) is 19.3 Å². The number of hydrogen-bond acceptors (Lipinski definition) is 6. The van der Waals surface area contributed by atoms with Gasteiger partial charge >= 0.3 is 0 Å². The number of imidazole rings is 2. The van der Waals surface area contributed by atoms with Gasteiger partial charge in [0, 0.05) is 24.2 Å². The molecule has 9 heteroatoms. The third-order valence-corrected chi connectivity index (χ3v) is 9.18. The zero-order valence-corrected chi connectivity index (χ0v) is 20.4. The van der Waals surface area contributed by atoms with Gasteiger partial charge in [0.05, 0.1) is 16.1 Å². The predicted molar refractivity (Wildman–Crippen MR) is 137 cm³/mol. The van der Waals surface area contributed by atoms with Gasteiger partial charge in [-0.05, 0) is 72.6 Å². The minimum Gasteiger partial charge on any atom is -0.382 e. The summed E-state index contributed by atoms with van der Waals surface area (Å²) in [7, 11) is 0. The summed E-state index contributed by atoms with van der Waals surface area (Å²) in [5, 5.41) is 0.456. The number of benzene rings is 1. The van der Waals surface area contributed by atoms with Crippen LogP contribution in [0.15, 0.2) is 58.6 Å². The van der Waals surface area contributed by atoms with Crippen LogP contribution >= 0.6 is 23.4 Å². The van der Waals surface area contributed by atoms with Gasteiger partial charge in [-0.3, -0.25) is 4.40 Å². The van der Waals surface area contributed by atoms with Crippen molar-refractivity contribution in [3.8, 4) is 0 Å². The molecule has 7 rings (SSSR count). The highest BCUT2D eigenvalue weighted by Crippen LogP contribution is 2.46. The third-order valence-electron chi connectivity index (χ3n) is 7.57. The molecule has 6 nitrogen and oxygen atoms in total. The summed E-state index contributed by atoms with van der Waals surface area (Å²) in [6.07, 6.45) is 7.74. The Labute approximate surface area is 210 Å². The van der Waals surface area contributed by atoms with Crippen molar-refractivity contribution in [2.24, 2.45) is 5.41 Å². The largest absolute Gasteiger partial charge is 0.382 e. The van der Waals surface area contributed by atoms with Gasteiger partial charge < -0.3 is 10.6 Å². The van der Waals surface area contributed by atoms with Crippen LogP contribution in [-0.2, 0) is 12.8 Å². The maximum atomic E-state index is 13.7. The number of fused-ring (bicyclic) bond motifs is 1. The van der Waals surface area contributed by atoms with E-state index in [9.17, 15) is 4.39 Å². The van der Waals surface area contributed by atoms with Crippen LogP contribution in [0.2, 0.25) is 5.02 Å². The predicted octanol–water partition coefficient (Wildman–Crippen LogP) is 5.63. The second-order valence-electron chi connectivity index (χ2n) is 9.66. The molecule has 0 atom stereocenters. The number of rotatable bonds is 3. The second kappa shape index (κ2) is 7.70. The molecule has 1 saturated heterocycles. The SMILES string of the molecule is Nc1nccc(Sc2ccc3nc(N4CCC5(CC4)Cc4ccc(F)cc4C5)c4cnc2n34)c1Cl. The molecule has 0 radical (unpaired) electrons. The first-order chi connectivity index (χ1) is 17.0. The average molecular weight is 505 g/mol. The summed E-state index contributed by atoms with van der Waals surface area (Å²) in [5.41, 5.74) is 11.4. The molecule has 1 aromatic carbocycles. The number of pyridine rings is 2. The van der Waals surface area contributed by atoms with Crippen molar-refractivity contribution >= 4 is 51.8 Å². The lowest BCUT2D eigenvalue weighted by Crippen LogP contribution is -2.40. The monoisotopic (exact) mass is 504 g/mol. The van der Waals surface area contributed by atoms with E-state index in [2.05, 4.69) is 14.3 Å². The highest BCUT2D eigenvalue weighted by molar-refractivity contribution is 7.99. The maximum Gasteiger partial charge on any atom is 0.157 e. The summed E-state index contributed by atoms with van der Waals surface area (Å²) >= 11 is 7.90. The molecular weight excluding hydrogens is 483 g/mol. The molecule has 2 aliphatic rings. The summed E-state index contributed by atoms with van der Waals surface area (Å²) in [6, 6.07) is 11.2. The Morgan fingerprint density at radius 3 is 2.69 bits per heavy atom. The summed E-state index contributed by atoms with van der Waals surface area (Å²) in [6.45, 7) is 1.87. The molecule has 0 saturated carbocycles. The lowest BCUT2D eigenvalue weighted by Gasteiger charge is -2.39. The first-order valence-corrected chi connectivity index (χ1v) is 12.9. The minimum atomic E-state index is -0.131. The van der Waals surface area contributed by atoms with E-state index >= 15 is 0 Å². The number of nitrogen functional groups attached to an aromatic ring is 1. The smallest absolute Gasteiger partial charge is 0.157 e. The Morgan fingerprint density at radius 1 is 1.00 bits per heavy atom. The van der Waals surface area contributed by atoms with Gasteiger partial charge in [0.15, 0.2) is 11.5 Å². The Morgan fingerprint density at radius 2 is 1.83 bits per heavy atom. The van der Waals surface area contributed by atoms with Crippen molar-refractivity contribution in [2.75, 3.05) is 23.7 Å². The molecule has 0 amide bonds. The fraction of sp³-hybridized carbons (Fsp3) is 0.269. The van der Waals surface area contributed by atoms with Gasteiger partial charge in [-0.15, -0.1) is 0 Å². The molecule has 1 aliphatic heterocycles. The molecule has 0 unspecified atom stereocenters. The lowest BCUT2D eigenvalue weighted by atomic mass is 9.76. The molecule has 1 fully saturated rings. The van der Waals surface area contributed by atoms with Crippen LogP contribution in [0.5, 0.6) is 0 Å². The van der Waals surface area contributed by atoms with Crippen LogP contribution in [0.4, 0.5) is 16.0 Å². The first-order valence-electron chi connectivity index (χ1n) is 11.7. The lowest BCUT2D eigenvalue weighted by molar-refractivity contribution is 0.232. The number of halogens is 2. The van der Waals surface area contributed by atoms with Gasteiger partial charge in [0.2, 0.25) is 0 Å². The summed E-state index contributed by atoms with van der Waals surface area (Å²) < 4.78 is 15.9. The maximum absolute atomic E-state index is 13.7. The Balaban J connectivity index is 1.16. The Bertz CT molecular complexity index is 1590.